The van der Waals surface area contributed by atoms with Gasteiger partial charge in [0, 0.05) is 30.8 Å². The Morgan fingerprint density at radius 3 is 2.48 bits per heavy atom. The number of nitrogens with one attached hydrogen (secondary N) is 2. The maximum atomic E-state index is 14.3. The fourth-order valence-electron chi connectivity index (χ4n) is 5.02. The second kappa shape index (κ2) is 12.7. The SMILES string of the molecule is Cc1ccc(C[C@H](NC(=O)OC(C)(C)C)C(=O)N2CCn3c(nc(-c4cccc(F)c4)c3Nc3ccc(Cl)c(F)c3)C2)cc1. The van der Waals surface area contributed by atoms with Gasteiger partial charge in [-0.25, -0.2) is 18.6 Å². The molecule has 5 rings (SSSR count). The molecule has 0 saturated heterocycles. The normalized spacial score (nSPS) is 13.7. The molecular formula is C33H34ClF2N5O3. The molecule has 0 bridgehead atoms. The molecule has 4 aromatic rings. The van der Waals surface area contributed by atoms with E-state index in [9.17, 15) is 18.4 Å². The van der Waals surface area contributed by atoms with E-state index in [1.54, 1.807) is 43.9 Å². The number of nitrogens with zero attached hydrogens (tertiary/aromatic N) is 3. The molecule has 1 aliphatic rings. The summed E-state index contributed by atoms with van der Waals surface area (Å²) < 4.78 is 35.9. The number of benzene rings is 3. The van der Waals surface area contributed by atoms with Gasteiger partial charge >= 0.3 is 6.09 Å². The number of fused-ring (bicyclic) bond motifs is 1. The van der Waals surface area contributed by atoms with Crippen LogP contribution in [0.3, 0.4) is 0 Å². The molecule has 2 N–H and O–H groups in total. The van der Waals surface area contributed by atoms with Crippen molar-refractivity contribution in [3.05, 3.63) is 100 Å². The van der Waals surface area contributed by atoms with Gasteiger partial charge in [-0.2, -0.15) is 0 Å². The van der Waals surface area contributed by atoms with E-state index in [-0.39, 0.29) is 23.9 Å². The summed E-state index contributed by atoms with van der Waals surface area (Å²) in [4.78, 5) is 33.1. The number of halogens is 3. The van der Waals surface area contributed by atoms with Crippen LogP contribution in [-0.2, 0) is 29.0 Å². The summed E-state index contributed by atoms with van der Waals surface area (Å²) in [6.07, 6.45) is -0.413. The van der Waals surface area contributed by atoms with E-state index in [0.717, 1.165) is 11.1 Å². The maximum Gasteiger partial charge on any atom is 0.408 e. The topological polar surface area (TPSA) is 88.5 Å². The fourth-order valence-corrected chi connectivity index (χ4v) is 5.14. The quantitative estimate of drug-likeness (QED) is 0.232. The zero-order valence-electron chi connectivity index (χ0n) is 25.0. The van der Waals surface area contributed by atoms with Crippen molar-refractivity contribution in [1.82, 2.24) is 19.8 Å². The van der Waals surface area contributed by atoms with Crippen LogP contribution in [0, 0.1) is 18.6 Å². The van der Waals surface area contributed by atoms with Gasteiger partial charge in [-0.1, -0.05) is 53.6 Å². The van der Waals surface area contributed by atoms with E-state index < -0.39 is 29.4 Å². The average Bonchev–Trinajstić information content (AvgIpc) is 3.32. The van der Waals surface area contributed by atoms with Crippen molar-refractivity contribution >= 4 is 35.1 Å². The van der Waals surface area contributed by atoms with Crippen molar-refractivity contribution in [3.8, 4) is 11.3 Å². The lowest BCUT2D eigenvalue weighted by molar-refractivity contribution is -0.135. The van der Waals surface area contributed by atoms with Crippen LogP contribution in [0.5, 0.6) is 0 Å². The van der Waals surface area contributed by atoms with Gasteiger partial charge in [0.05, 0.1) is 11.6 Å². The molecule has 1 aliphatic heterocycles. The zero-order valence-corrected chi connectivity index (χ0v) is 25.7. The summed E-state index contributed by atoms with van der Waals surface area (Å²) in [5.74, 6) is -0.223. The standard InChI is InChI=1S/C33H34ClF2N5O3/c1-20-8-10-21(11-9-20)16-27(38-32(43)44-33(2,3)4)31(42)40-14-15-41-28(19-40)39-29(22-6-5-7-23(35)17-22)30(41)37-24-12-13-25(34)26(36)18-24/h5-13,17-18,27,37H,14-16,19H2,1-4H3,(H,38,43)/t27-/m0/s1. The number of rotatable bonds is 7. The van der Waals surface area contributed by atoms with Crippen LogP contribution >= 0.6 is 11.6 Å². The number of carbonyl (C=O) groups excluding carboxylic acids is 2. The molecule has 2 amide bonds. The first-order valence-corrected chi connectivity index (χ1v) is 14.7. The Morgan fingerprint density at radius 1 is 1.05 bits per heavy atom. The summed E-state index contributed by atoms with van der Waals surface area (Å²) in [6.45, 7) is 8.06. The van der Waals surface area contributed by atoms with Gasteiger partial charge in [0.25, 0.3) is 0 Å². The first kappa shape index (κ1) is 31.0. The van der Waals surface area contributed by atoms with Crippen molar-refractivity contribution < 1.29 is 23.1 Å². The summed E-state index contributed by atoms with van der Waals surface area (Å²) in [6, 6.07) is 17.3. The Balaban J connectivity index is 1.45. The van der Waals surface area contributed by atoms with E-state index in [2.05, 4.69) is 10.6 Å². The largest absolute Gasteiger partial charge is 0.444 e. The van der Waals surface area contributed by atoms with Crippen molar-refractivity contribution in [3.63, 3.8) is 0 Å². The van der Waals surface area contributed by atoms with E-state index in [1.807, 2.05) is 35.8 Å². The number of alkyl carbamates (subject to hydrolysis) is 1. The van der Waals surface area contributed by atoms with Crippen LogP contribution < -0.4 is 10.6 Å². The lowest BCUT2D eigenvalue weighted by atomic mass is 10.0. The number of aromatic nitrogens is 2. The number of hydrogen-bond acceptors (Lipinski definition) is 5. The molecule has 0 spiro atoms. The Labute approximate surface area is 260 Å². The highest BCUT2D eigenvalue weighted by molar-refractivity contribution is 6.30. The van der Waals surface area contributed by atoms with Crippen molar-refractivity contribution in [2.45, 2.75) is 58.8 Å². The van der Waals surface area contributed by atoms with Gasteiger partial charge < -0.3 is 24.8 Å². The summed E-state index contributed by atoms with van der Waals surface area (Å²) in [5, 5.41) is 5.98. The predicted molar refractivity (Wildman–Crippen MR) is 166 cm³/mol. The molecule has 1 aromatic heterocycles. The molecule has 230 valence electrons. The third kappa shape index (κ3) is 7.37. The van der Waals surface area contributed by atoms with Crippen LogP contribution in [0.1, 0.15) is 37.7 Å². The van der Waals surface area contributed by atoms with Crippen LogP contribution in [0.15, 0.2) is 66.7 Å². The molecule has 0 aliphatic carbocycles. The highest BCUT2D eigenvalue weighted by atomic mass is 35.5. The molecule has 0 radical (unpaired) electrons. The highest BCUT2D eigenvalue weighted by Gasteiger charge is 2.33. The fraction of sp³-hybridized carbons (Fsp3) is 0.303. The Kier molecular flexibility index (Phi) is 8.92. The third-order valence-electron chi connectivity index (χ3n) is 7.11. The average molecular weight is 622 g/mol. The molecule has 8 nitrogen and oxygen atoms in total. The van der Waals surface area contributed by atoms with Crippen LogP contribution in [0.4, 0.5) is 25.1 Å². The molecule has 2 heterocycles. The predicted octanol–water partition coefficient (Wildman–Crippen LogP) is 7.01. The molecular weight excluding hydrogens is 588 g/mol. The first-order chi connectivity index (χ1) is 20.9. The monoisotopic (exact) mass is 621 g/mol. The molecule has 11 heteroatoms. The van der Waals surface area contributed by atoms with Crippen molar-refractivity contribution in [1.29, 1.82) is 0 Å². The molecule has 1 atom stereocenters. The number of ether oxygens (including phenoxy) is 1. The lowest BCUT2D eigenvalue weighted by Crippen LogP contribution is -2.52. The zero-order chi connectivity index (χ0) is 31.6. The lowest BCUT2D eigenvalue weighted by Gasteiger charge is -2.32. The van der Waals surface area contributed by atoms with E-state index in [4.69, 9.17) is 21.3 Å². The van der Waals surface area contributed by atoms with E-state index in [1.165, 1.54) is 24.3 Å². The van der Waals surface area contributed by atoms with Gasteiger partial charge in [0.15, 0.2) is 0 Å². The smallest absolute Gasteiger partial charge is 0.408 e. The number of hydrogen-bond donors (Lipinski definition) is 2. The highest BCUT2D eigenvalue weighted by Crippen LogP contribution is 2.34. The number of imidazole rings is 1. The molecule has 3 aromatic carbocycles. The summed E-state index contributed by atoms with van der Waals surface area (Å²) in [7, 11) is 0. The second-order valence-corrected chi connectivity index (χ2v) is 12.2. The molecule has 0 saturated carbocycles. The minimum atomic E-state index is -0.883. The first-order valence-electron chi connectivity index (χ1n) is 14.3. The Bertz CT molecular complexity index is 1680. The maximum absolute atomic E-state index is 14.3. The van der Waals surface area contributed by atoms with E-state index >= 15 is 0 Å². The second-order valence-electron chi connectivity index (χ2n) is 11.8. The third-order valence-corrected chi connectivity index (χ3v) is 7.42. The minimum absolute atomic E-state index is 0.00875. The van der Waals surface area contributed by atoms with Crippen LogP contribution in [-0.4, -0.2) is 44.6 Å². The number of amides is 2. The van der Waals surface area contributed by atoms with Crippen molar-refractivity contribution in [2.24, 2.45) is 0 Å². The van der Waals surface area contributed by atoms with Gasteiger partial charge in [-0.3, -0.25) is 4.79 Å². The minimum Gasteiger partial charge on any atom is -0.444 e. The molecule has 44 heavy (non-hydrogen) atoms. The summed E-state index contributed by atoms with van der Waals surface area (Å²) in [5.41, 5.74) is 2.64. The van der Waals surface area contributed by atoms with Gasteiger partial charge in [0.2, 0.25) is 5.91 Å². The Hall–Kier alpha value is -4.44. The number of aryl methyl sites for hydroxylation is 1. The Morgan fingerprint density at radius 2 is 1.80 bits per heavy atom. The van der Waals surface area contributed by atoms with E-state index in [0.29, 0.717) is 41.7 Å². The van der Waals surface area contributed by atoms with Gasteiger partial charge in [-0.05, 0) is 63.6 Å². The summed E-state index contributed by atoms with van der Waals surface area (Å²) >= 11 is 5.88. The van der Waals surface area contributed by atoms with Crippen LogP contribution in [0.25, 0.3) is 11.3 Å². The van der Waals surface area contributed by atoms with Gasteiger partial charge in [-0.15, -0.1) is 0 Å². The number of carbonyl (C=O) groups is 2. The van der Waals surface area contributed by atoms with Gasteiger partial charge in [0.1, 0.15) is 40.6 Å². The number of anilines is 2. The molecule has 0 unspecified atom stereocenters. The van der Waals surface area contributed by atoms with Crippen LogP contribution in [0.2, 0.25) is 5.02 Å². The van der Waals surface area contributed by atoms with Crippen molar-refractivity contribution in [2.75, 3.05) is 11.9 Å². The molecule has 0 fully saturated rings.